The molecule has 140 valence electrons. The fraction of sp³-hybridized carbons (Fsp3) is 0.438. The maximum absolute atomic E-state index is 12.9. The number of piperidine rings is 1. The van der Waals surface area contributed by atoms with Crippen LogP contribution in [0.4, 0.5) is 13.2 Å². The molecule has 3 rings (SSSR count). The van der Waals surface area contributed by atoms with Gasteiger partial charge in [0.2, 0.25) is 5.91 Å². The number of H-pyrrole nitrogens is 2. The molecule has 2 N–H and O–H groups in total. The molecule has 1 saturated heterocycles. The van der Waals surface area contributed by atoms with Crippen molar-refractivity contribution in [1.29, 1.82) is 0 Å². The van der Waals surface area contributed by atoms with Crippen molar-refractivity contribution < 1.29 is 18.0 Å². The predicted molar refractivity (Wildman–Crippen MR) is 85.7 cm³/mol. The number of amides is 1. The van der Waals surface area contributed by atoms with E-state index in [0.29, 0.717) is 24.9 Å². The summed E-state index contributed by atoms with van der Waals surface area (Å²) in [6.45, 7) is 0.273. The maximum Gasteiger partial charge on any atom is 0.416 e. The Morgan fingerprint density at radius 3 is 2.54 bits per heavy atom. The van der Waals surface area contributed by atoms with Crippen LogP contribution < -0.4 is 11.4 Å². The van der Waals surface area contributed by atoms with Crippen molar-refractivity contribution in [3.63, 3.8) is 0 Å². The molecule has 10 heteroatoms. The van der Waals surface area contributed by atoms with Gasteiger partial charge in [-0.25, -0.2) is 24.4 Å². The van der Waals surface area contributed by atoms with Gasteiger partial charge in [0, 0.05) is 19.0 Å². The second kappa shape index (κ2) is 6.85. The molecule has 1 atom stereocenters. The van der Waals surface area contributed by atoms with Gasteiger partial charge in [0.05, 0.1) is 5.56 Å². The molecule has 1 amide bonds. The molecule has 1 aliphatic heterocycles. The van der Waals surface area contributed by atoms with Gasteiger partial charge in [-0.2, -0.15) is 13.2 Å². The number of nitrogens with one attached hydrogen (secondary N) is 2. The summed E-state index contributed by atoms with van der Waals surface area (Å²) in [5.74, 6) is -0.648. The second-order valence-electron chi connectivity index (χ2n) is 6.25. The number of nitrogens with zero attached hydrogens (tertiary/aromatic N) is 2. The van der Waals surface area contributed by atoms with Crippen molar-refractivity contribution in [3.8, 4) is 0 Å². The Morgan fingerprint density at radius 2 is 1.88 bits per heavy atom. The zero-order valence-electron chi connectivity index (χ0n) is 13.7. The Labute approximate surface area is 145 Å². The van der Waals surface area contributed by atoms with Gasteiger partial charge in [0.25, 0.3) is 0 Å². The molecular weight excluding hydrogens is 353 g/mol. The van der Waals surface area contributed by atoms with Gasteiger partial charge < -0.3 is 4.90 Å². The van der Waals surface area contributed by atoms with E-state index < -0.39 is 35.6 Å². The fourth-order valence-corrected chi connectivity index (χ4v) is 3.16. The number of rotatable bonds is 3. The first-order valence-electron chi connectivity index (χ1n) is 8.08. The second-order valence-corrected chi connectivity index (χ2v) is 6.25. The first-order valence-corrected chi connectivity index (χ1v) is 8.08. The summed E-state index contributed by atoms with van der Waals surface area (Å²) < 4.78 is 39.4. The molecule has 0 bridgehead atoms. The van der Waals surface area contributed by atoms with Gasteiger partial charge in [0.15, 0.2) is 0 Å². The number of aromatic nitrogens is 3. The Balaban J connectivity index is 1.74. The minimum Gasteiger partial charge on any atom is -0.341 e. The quantitative estimate of drug-likeness (QED) is 0.853. The summed E-state index contributed by atoms with van der Waals surface area (Å²) >= 11 is 0. The van der Waals surface area contributed by atoms with E-state index in [1.165, 1.54) is 11.0 Å². The van der Waals surface area contributed by atoms with Crippen LogP contribution in [-0.4, -0.2) is 38.7 Å². The molecule has 1 fully saturated rings. The highest BCUT2D eigenvalue weighted by molar-refractivity contribution is 5.76. The van der Waals surface area contributed by atoms with E-state index in [9.17, 15) is 27.6 Å². The number of hydrogen-bond acceptors (Lipinski definition) is 3. The van der Waals surface area contributed by atoms with Crippen LogP contribution in [0.5, 0.6) is 0 Å². The minimum atomic E-state index is -4.42. The van der Waals surface area contributed by atoms with E-state index in [2.05, 4.69) is 10.2 Å². The smallest absolute Gasteiger partial charge is 0.341 e. The molecule has 7 nitrogen and oxygen atoms in total. The third-order valence-electron chi connectivity index (χ3n) is 4.52. The van der Waals surface area contributed by atoms with Gasteiger partial charge in [-0.05, 0) is 24.5 Å². The molecule has 1 aromatic heterocycles. The largest absolute Gasteiger partial charge is 0.416 e. The van der Waals surface area contributed by atoms with E-state index in [0.717, 1.165) is 16.7 Å². The van der Waals surface area contributed by atoms with Crippen LogP contribution in [0.25, 0.3) is 0 Å². The van der Waals surface area contributed by atoms with Crippen molar-refractivity contribution in [2.24, 2.45) is 0 Å². The van der Waals surface area contributed by atoms with Crippen molar-refractivity contribution in [2.75, 3.05) is 13.1 Å². The van der Waals surface area contributed by atoms with Crippen molar-refractivity contribution in [2.45, 2.75) is 31.5 Å². The standard InChI is InChI=1S/C16H17F3N4O3/c17-16(18,19)12-5-1-3-10(7-12)11-4-2-6-22(8-11)13(24)9-23-14(25)20-21-15(23)26/h1,3,5,7,11H,2,4,6,8-9H2,(H,20,25)(H,21,26). The highest BCUT2D eigenvalue weighted by Gasteiger charge is 2.32. The lowest BCUT2D eigenvalue weighted by molar-refractivity contribution is -0.138. The number of aromatic amines is 2. The van der Waals surface area contributed by atoms with E-state index in [1.54, 1.807) is 6.07 Å². The first kappa shape index (κ1) is 18.0. The number of benzene rings is 1. The number of hydrogen-bond donors (Lipinski definition) is 2. The summed E-state index contributed by atoms with van der Waals surface area (Å²) in [5.41, 5.74) is -1.62. The average Bonchev–Trinajstić information content (AvgIpc) is 2.93. The third-order valence-corrected chi connectivity index (χ3v) is 4.52. The van der Waals surface area contributed by atoms with Gasteiger partial charge in [-0.1, -0.05) is 18.2 Å². The lowest BCUT2D eigenvalue weighted by atomic mass is 9.89. The SMILES string of the molecule is O=C(Cn1c(=O)[nH][nH]c1=O)N1CCCC(c2cccc(C(F)(F)F)c2)C1. The number of likely N-dealkylation sites (tertiary alicyclic amines) is 1. The molecule has 0 saturated carbocycles. The molecule has 0 spiro atoms. The van der Waals surface area contributed by atoms with Crippen LogP contribution in [-0.2, 0) is 17.5 Å². The summed E-state index contributed by atoms with van der Waals surface area (Å²) in [5, 5.41) is 4.19. The summed E-state index contributed by atoms with van der Waals surface area (Å²) in [6, 6.07) is 5.10. The molecular formula is C16H17F3N4O3. The highest BCUT2D eigenvalue weighted by atomic mass is 19.4. The monoisotopic (exact) mass is 370 g/mol. The lowest BCUT2D eigenvalue weighted by Gasteiger charge is -2.33. The van der Waals surface area contributed by atoms with Crippen LogP contribution in [0.1, 0.15) is 29.9 Å². The summed E-state index contributed by atoms with van der Waals surface area (Å²) in [4.78, 5) is 36.8. The topological polar surface area (TPSA) is 91.0 Å². The predicted octanol–water partition coefficient (Wildman–Crippen LogP) is 1.29. The molecule has 2 heterocycles. The highest BCUT2D eigenvalue weighted by Crippen LogP contribution is 2.33. The molecule has 1 aliphatic rings. The van der Waals surface area contributed by atoms with Crippen LogP contribution >= 0.6 is 0 Å². The first-order chi connectivity index (χ1) is 12.3. The molecule has 26 heavy (non-hydrogen) atoms. The van der Waals surface area contributed by atoms with E-state index in [1.807, 2.05) is 0 Å². The fourth-order valence-electron chi connectivity index (χ4n) is 3.16. The Morgan fingerprint density at radius 1 is 1.19 bits per heavy atom. The van der Waals surface area contributed by atoms with Crippen LogP contribution in [0.2, 0.25) is 0 Å². The average molecular weight is 370 g/mol. The van der Waals surface area contributed by atoms with Gasteiger partial charge in [-0.3, -0.25) is 4.79 Å². The normalized spacial score (nSPS) is 18.1. The van der Waals surface area contributed by atoms with Crippen molar-refractivity contribution >= 4 is 5.91 Å². The maximum atomic E-state index is 12.9. The summed E-state index contributed by atoms with van der Waals surface area (Å²) in [6.07, 6.45) is -3.13. The number of carbonyl (C=O) groups excluding carboxylic acids is 1. The van der Waals surface area contributed by atoms with Crippen LogP contribution in [0.3, 0.4) is 0 Å². The zero-order valence-corrected chi connectivity index (χ0v) is 13.7. The molecule has 0 radical (unpaired) electrons. The Kier molecular flexibility index (Phi) is 4.75. The van der Waals surface area contributed by atoms with Gasteiger partial charge >= 0.3 is 17.6 Å². The molecule has 1 unspecified atom stereocenters. The van der Waals surface area contributed by atoms with Crippen LogP contribution in [0.15, 0.2) is 33.9 Å². The number of alkyl halides is 3. The molecule has 1 aromatic carbocycles. The zero-order chi connectivity index (χ0) is 18.9. The van der Waals surface area contributed by atoms with Crippen LogP contribution in [0, 0.1) is 0 Å². The minimum absolute atomic E-state index is 0.226. The molecule has 0 aliphatic carbocycles. The lowest BCUT2D eigenvalue weighted by Crippen LogP contribution is -2.43. The number of carbonyl (C=O) groups is 1. The van der Waals surface area contributed by atoms with Gasteiger partial charge in [-0.15, -0.1) is 0 Å². The van der Waals surface area contributed by atoms with E-state index in [-0.39, 0.29) is 12.5 Å². The third kappa shape index (κ3) is 3.73. The van der Waals surface area contributed by atoms with E-state index >= 15 is 0 Å². The Hall–Kier alpha value is -2.78. The summed E-state index contributed by atoms with van der Waals surface area (Å²) in [7, 11) is 0. The van der Waals surface area contributed by atoms with Gasteiger partial charge in [0.1, 0.15) is 6.54 Å². The Bertz CT molecular complexity index is 885. The van der Waals surface area contributed by atoms with Crippen molar-refractivity contribution in [1.82, 2.24) is 19.7 Å². The number of halogens is 3. The molecule has 2 aromatic rings. The van der Waals surface area contributed by atoms with E-state index in [4.69, 9.17) is 0 Å². The van der Waals surface area contributed by atoms with Crippen molar-refractivity contribution in [3.05, 3.63) is 56.4 Å².